The molecule has 2 aromatic rings. The van der Waals surface area contributed by atoms with Crippen molar-refractivity contribution in [3.63, 3.8) is 0 Å². The van der Waals surface area contributed by atoms with Gasteiger partial charge in [-0.05, 0) is 30.2 Å². The molecular formula is C20H21N3O4. The molecule has 7 heteroatoms. The molecule has 0 saturated heterocycles. The van der Waals surface area contributed by atoms with Crippen LogP contribution in [0.5, 0.6) is 0 Å². The Morgan fingerprint density at radius 1 is 1.00 bits per heavy atom. The lowest BCUT2D eigenvalue weighted by atomic mass is 10.2. The van der Waals surface area contributed by atoms with Gasteiger partial charge in [0.2, 0.25) is 0 Å². The summed E-state index contributed by atoms with van der Waals surface area (Å²) in [7, 11) is 0. The van der Waals surface area contributed by atoms with E-state index in [4.69, 9.17) is 4.74 Å². The third kappa shape index (κ3) is 5.07. The molecule has 0 radical (unpaired) electrons. The number of ether oxygens (including phenoxy) is 1. The second-order valence-electron chi connectivity index (χ2n) is 6.08. The predicted octanol–water partition coefficient (Wildman–Crippen LogP) is 2.33. The van der Waals surface area contributed by atoms with E-state index in [-0.39, 0.29) is 25.5 Å². The number of rotatable bonds is 6. The van der Waals surface area contributed by atoms with Crippen LogP contribution < -0.4 is 15.5 Å². The van der Waals surface area contributed by atoms with Crippen LogP contribution >= 0.6 is 0 Å². The van der Waals surface area contributed by atoms with Gasteiger partial charge >= 0.3 is 12.0 Å². The molecule has 1 aliphatic rings. The predicted molar refractivity (Wildman–Crippen MR) is 102 cm³/mol. The van der Waals surface area contributed by atoms with Crippen LogP contribution in [0.25, 0.3) is 0 Å². The van der Waals surface area contributed by atoms with Gasteiger partial charge in [0.05, 0.1) is 6.42 Å². The van der Waals surface area contributed by atoms with Crippen molar-refractivity contribution in [1.29, 1.82) is 0 Å². The molecule has 27 heavy (non-hydrogen) atoms. The molecule has 0 aromatic heterocycles. The molecule has 2 N–H and O–H groups in total. The normalized spacial score (nSPS) is 12.2. The molecule has 0 atom stereocenters. The molecule has 3 amide bonds. The Hall–Kier alpha value is -3.35. The van der Waals surface area contributed by atoms with E-state index in [1.54, 1.807) is 17.0 Å². The van der Waals surface area contributed by atoms with Crippen LogP contribution in [0.1, 0.15) is 12.0 Å². The lowest BCUT2D eigenvalue weighted by Gasteiger charge is -2.17. The lowest BCUT2D eigenvalue weighted by molar-refractivity contribution is -0.147. The fraction of sp³-hybridized carbons (Fsp3) is 0.250. The standard InChI is InChI=1S/C20H21N3O4/c24-18(23-13-11-15-6-4-5-9-17(15)23)14-27-19(25)10-12-21-20(26)22-16-7-2-1-3-8-16/h1-9H,10-14H2,(H2,21,22,26). The van der Waals surface area contributed by atoms with Crippen LogP contribution in [-0.4, -0.2) is 37.6 Å². The van der Waals surface area contributed by atoms with Gasteiger partial charge in [0.25, 0.3) is 5.91 Å². The van der Waals surface area contributed by atoms with Gasteiger partial charge in [0.1, 0.15) is 0 Å². The van der Waals surface area contributed by atoms with Gasteiger partial charge in [0.15, 0.2) is 6.61 Å². The summed E-state index contributed by atoms with van der Waals surface area (Å²) in [5, 5.41) is 5.22. The highest BCUT2D eigenvalue weighted by atomic mass is 16.5. The number of amides is 3. The average molecular weight is 367 g/mol. The summed E-state index contributed by atoms with van der Waals surface area (Å²) in [6, 6.07) is 16.3. The number of hydrogen-bond acceptors (Lipinski definition) is 4. The van der Waals surface area contributed by atoms with Crippen LogP contribution in [0.4, 0.5) is 16.2 Å². The zero-order chi connectivity index (χ0) is 19.1. The molecular weight excluding hydrogens is 346 g/mol. The van der Waals surface area contributed by atoms with E-state index in [1.807, 2.05) is 42.5 Å². The number of hydrogen-bond donors (Lipinski definition) is 2. The Morgan fingerprint density at radius 2 is 1.74 bits per heavy atom. The molecule has 0 saturated carbocycles. The maximum atomic E-state index is 12.3. The fourth-order valence-corrected chi connectivity index (χ4v) is 2.86. The second kappa shape index (κ2) is 8.84. The summed E-state index contributed by atoms with van der Waals surface area (Å²) < 4.78 is 5.03. The highest BCUT2D eigenvalue weighted by Crippen LogP contribution is 2.27. The van der Waals surface area contributed by atoms with Gasteiger partial charge in [-0.25, -0.2) is 4.79 Å². The maximum absolute atomic E-state index is 12.3. The minimum atomic E-state index is -0.532. The van der Waals surface area contributed by atoms with E-state index in [0.717, 1.165) is 17.7 Å². The van der Waals surface area contributed by atoms with E-state index < -0.39 is 12.0 Å². The summed E-state index contributed by atoms with van der Waals surface area (Å²) >= 11 is 0. The maximum Gasteiger partial charge on any atom is 0.319 e. The van der Waals surface area contributed by atoms with Crippen molar-refractivity contribution in [3.05, 3.63) is 60.2 Å². The first-order chi connectivity index (χ1) is 13.1. The number of benzene rings is 2. The average Bonchev–Trinajstić information content (AvgIpc) is 3.11. The second-order valence-corrected chi connectivity index (χ2v) is 6.08. The first-order valence-electron chi connectivity index (χ1n) is 8.77. The Morgan fingerprint density at radius 3 is 2.56 bits per heavy atom. The minimum Gasteiger partial charge on any atom is -0.455 e. The van der Waals surface area contributed by atoms with Crippen LogP contribution in [0.15, 0.2) is 54.6 Å². The number of anilines is 2. The van der Waals surface area contributed by atoms with Crippen molar-refractivity contribution >= 4 is 29.3 Å². The van der Waals surface area contributed by atoms with Crippen molar-refractivity contribution in [2.75, 3.05) is 29.9 Å². The van der Waals surface area contributed by atoms with Gasteiger partial charge < -0.3 is 20.3 Å². The van der Waals surface area contributed by atoms with Gasteiger partial charge in [0, 0.05) is 24.5 Å². The molecule has 0 bridgehead atoms. The monoisotopic (exact) mass is 367 g/mol. The molecule has 0 spiro atoms. The third-order valence-electron chi connectivity index (χ3n) is 4.19. The number of urea groups is 1. The summed E-state index contributed by atoms with van der Waals surface area (Å²) in [6.45, 7) is 0.415. The Kier molecular flexibility index (Phi) is 6.04. The number of nitrogens with one attached hydrogen (secondary N) is 2. The Balaban J connectivity index is 1.35. The molecule has 1 heterocycles. The number of para-hydroxylation sites is 2. The van der Waals surface area contributed by atoms with E-state index in [9.17, 15) is 14.4 Å². The first-order valence-corrected chi connectivity index (χ1v) is 8.77. The van der Waals surface area contributed by atoms with E-state index in [2.05, 4.69) is 10.6 Å². The van der Waals surface area contributed by atoms with Crippen LogP contribution in [0.3, 0.4) is 0 Å². The molecule has 2 aromatic carbocycles. The number of fused-ring (bicyclic) bond motifs is 1. The summed E-state index contributed by atoms with van der Waals surface area (Å²) in [5.74, 6) is -0.779. The van der Waals surface area contributed by atoms with Crippen molar-refractivity contribution in [2.45, 2.75) is 12.8 Å². The summed E-state index contributed by atoms with van der Waals surface area (Å²) in [6.07, 6.45) is 0.794. The SMILES string of the molecule is O=C(NCCC(=O)OCC(=O)N1CCc2ccccc21)Nc1ccccc1. The van der Waals surface area contributed by atoms with E-state index in [0.29, 0.717) is 12.2 Å². The van der Waals surface area contributed by atoms with Crippen molar-refractivity contribution < 1.29 is 19.1 Å². The van der Waals surface area contributed by atoms with Crippen molar-refractivity contribution in [1.82, 2.24) is 5.32 Å². The first kappa shape index (κ1) is 18.4. The van der Waals surface area contributed by atoms with Crippen molar-refractivity contribution in [3.8, 4) is 0 Å². The van der Waals surface area contributed by atoms with Crippen LogP contribution in [0.2, 0.25) is 0 Å². The van der Waals surface area contributed by atoms with Gasteiger partial charge in [-0.2, -0.15) is 0 Å². The third-order valence-corrected chi connectivity index (χ3v) is 4.19. The Labute approximate surface area is 157 Å². The molecule has 3 rings (SSSR count). The quantitative estimate of drug-likeness (QED) is 0.767. The van der Waals surface area contributed by atoms with Gasteiger partial charge in [-0.1, -0.05) is 36.4 Å². The van der Waals surface area contributed by atoms with E-state index >= 15 is 0 Å². The van der Waals surface area contributed by atoms with Gasteiger partial charge in [-0.15, -0.1) is 0 Å². The molecule has 0 aliphatic carbocycles. The van der Waals surface area contributed by atoms with Crippen LogP contribution in [-0.2, 0) is 20.7 Å². The molecule has 0 unspecified atom stereocenters. The largest absolute Gasteiger partial charge is 0.455 e. The van der Waals surface area contributed by atoms with Crippen molar-refractivity contribution in [2.24, 2.45) is 0 Å². The molecule has 1 aliphatic heterocycles. The summed E-state index contributed by atoms with van der Waals surface area (Å²) in [4.78, 5) is 37.4. The van der Waals surface area contributed by atoms with Gasteiger partial charge in [-0.3, -0.25) is 9.59 Å². The Bertz CT molecular complexity index is 823. The fourth-order valence-electron chi connectivity index (χ4n) is 2.86. The smallest absolute Gasteiger partial charge is 0.319 e. The van der Waals surface area contributed by atoms with Crippen LogP contribution in [0, 0.1) is 0 Å². The molecule has 140 valence electrons. The number of carbonyl (C=O) groups is 3. The zero-order valence-corrected chi connectivity index (χ0v) is 14.8. The molecule has 0 fully saturated rings. The summed E-state index contributed by atoms with van der Waals surface area (Å²) in [5.41, 5.74) is 2.65. The number of nitrogens with zero attached hydrogens (tertiary/aromatic N) is 1. The zero-order valence-electron chi connectivity index (χ0n) is 14.8. The number of esters is 1. The molecule has 7 nitrogen and oxygen atoms in total. The lowest BCUT2D eigenvalue weighted by Crippen LogP contribution is -2.34. The topological polar surface area (TPSA) is 87.7 Å². The minimum absolute atomic E-state index is 0.00786. The van der Waals surface area contributed by atoms with E-state index in [1.165, 1.54) is 0 Å². The number of carbonyl (C=O) groups excluding carboxylic acids is 3. The highest BCUT2D eigenvalue weighted by molar-refractivity contribution is 5.97. The highest BCUT2D eigenvalue weighted by Gasteiger charge is 2.24.